The fourth-order valence-electron chi connectivity index (χ4n) is 3.52. The highest BCUT2D eigenvalue weighted by Gasteiger charge is 2.32. The van der Waals surface area contributed by atoms with Crippen molar-refractivity contribution in [1.29, 1.82) is 0 Å². The minimum Gasteiger partial charge on any atom is -0.388 e. The molecular formula is C22H20ClNO3. The number of aliphatic hydroxyl groups is 2. The number of likely N-dealkylation sites (tertiary alicyclic amines) is 1. The Morgan fingerprint density at radius 3 is 2.37 bits per heavy atom. The molecule has 0 bridgehead atoms. The standard InChI is InChI=1S/C22H20ClNO3/c1-13-2-7-19(23)18(8-13)16-5-3-15-10-17(6-4-14(15)9-16)22(27)24-11-20(25)21(26)12-24/h2-10,20-21,25-26H,11-12H2,1H3/t20-,21-/m1/s1. The summed E-state index contributed by atoms with van der Waals surface area (Å²) in [7, 11) is 0. The Morgan fingerprint density at radius 1 is 0.963 bits per heavy atom. The first-order valence-corrected chi connectivity index (χ1v) is 9.26. The van der Waals surface area contributed by atoms with E-state index in [0.717, 1.165) is 27.5 Å². The van der Waals surface area contributed by atoms with Crippen LogP contribution in [0.4, 0.5) is 0 Å². The zero-order valence-electron chi connectivity index (χ0n) is 14.9. The lowest BCUT2D eigenvalue weighted by atomic mass is 9.98. The van der Waals surface area contributed by atoms with Gasteiger partial charge in [0.25, 0.3) is 5.91 Å². The van der Waals surface area contributed by atoms with Crippen LogP contribution in [0.1, 0.15) is 15.9 Å². The Balaban J connectivity index is 1.66. The van der Waals surface area contributed by atoms with Crippen molar-refractivity contribution >= 4 is 28.3 Å². The van der Waals surface area contributed by atoms with Gasteiger partial charge in [-0.1, -0.05) is 41.4 Å². The number of rotatable bonds is 2. The molecule has 0 aromatic heterocycles. The van der Waals surface area contributed by atoms with E-state index in [1.165, 1.54) is 4.90 Å². The van der Waals surface area contributed by atoms with Crippen LogP contribution in [-0.2, 0) is 0 Å². The van der Waals surface area contributed by atoms with Crippen molar-refractivity contribution in [1.82, 2.24) is 4.90 Å². The van der Waals surface area contributed by atoms with Gasteiger partial charge in [-0.05, 0) is 53.6 Å². The van der Waals surface area contributed by atoms with Gasteiger partial charge in [-0.3, -0.25) is 4.79 Å². The van der Waals surface area contributed by atoms with E-state index in [0.29, 0.717) is 10.6 Å². The van der Waals surface area contributed by atoms with Crippen molar-refractivity contribution in [2.24, 2.45) is 0 Å². The number of carbonyl (C=O) groups is 1. The number of aliphatic hydroxyl groups excluding tert-OH is 2. The molecule has 138 valence electrons. The Hall–Kier alpha value is -2.40. The van der Waals surface area contributed by atoms with E-state index >= 15 is 0 Å². The number of hydrogen-bond acceptors (Lipinski definition) is 3. The predicted octanol–water partition coefficient (Wildman–Crippen LogP) is 3.65. The van der Waals surface area contributed by atoms with Crippen LogP contribution in [0.15, 0.2) is 54.6 Å². The number of benzene rings is 3. The van der Waals surface area contributed by atoms with Crippen LogP contribution in [0, 0.1) is 6.92 Å². The monoisotopic (exact) mass is 381 g/mol. The summed E-state index contributed by atoms with van der Waals surface area (Å²) in [4.78, 5) is 14.1. The molecule has 1 fully saturated rings. The number of halogens is 1. The Labute approximate surface area is 162 Å². The summed E-state index contributed by atoms with van der Waals surface area (Å²) >= 11 is 6.35. The molecule has 1 saturated heterocycles. The number of nitrogens with zero attached hydrogens (tertiary/aromatic N) is 1. The number of aryl methyl sites for hydroxylation is 1. The average Bonchev–Trinajstić information content (AvgIpc) is 3.01. The Kier molecular flexibility index (Phi) is 4.64. The third-order valence-corrected chi connectivity index (χ3v) is 5.40. The molecule has 2 atom stereocenters. The number of amides is 1. The number of β-amino-alcohol motifs (C(OH)–C–C–N with tert-alkyl or cyclic N) is 2. The third kappa shape index (κ3) is 3.44. The van der Waals surface area contributed by atoms with Gasteiger partial charge in [0, 0.05) is 29.2 Å². The van der Waals surface area contributed by atoms with Gasteiger partial charge in [0.05, 0.1) is 12.2 Å². The van der Waals surface area contributed by atoms with Crippen molar-refractivity contribution in [2.45, 2.75) is 19.1 Å². The van der Waals surface area contributed by atoms with E-state index in [4.69, 9.17) is 11.6 Å². The molecule has 1 amide bonds. The topological polar surface area (TPSA) is 60.8 Å². The van der Waals surface area contributed by atoms with Crippen LogP contribution in [0.5, 0.6) is 0 Å². The fourth-order valence-corrected chi connectivity index (χ4v) is 3.75. The van der Waals surface area contributed by atoms with E-state index in [-0.39, 0.29) is 19.0 Å². The normalized spacial score (nSPS) is 19.6. The van der Waals surface area contributed by atoms with Crippen LogP contribution < -0.4 is 0 Å². The zero-order chi connectivity index (χ0) is 19.1. The molecule has 1 aliphatic rings. The minimum atomic E-state index is -0.879. The van der Waals surface area contributed by atoms with Crippen LogP contribution in [0.25, 0.3) is 21.9 Å². The van der Waals surface area contributed by atoms with Gasteiger partial charge in [0.1, 0.15) is 0 Å². The molecule has 0 saturated carbocycles. The maximum atomic E-state index is 12.6. The van der Waals surface area contributed by atoms with Crippen molar-refractivity contribution in [3.8, 4) is 11.1 Å². The number of hydrogen-bond donors (Lipinski definition) is 2. The smallest absolute Gasteiger partial charge is 0.254 e. The summed E-state index contributed by atoms with van der Waals surface area (Å²) in [6, 6.07) is 17.5. The first-order chi connectivity index (χ1) is 12.9. The van der Waals surface area contributed by atoms with Gasteiger partial charge in [0.15, 0.2) is 0 Å². The van der Waals surface area contributed by atoms with Gasteiger partial charge in [0.2, 0.25) is 0 Å². The summed E-state index contributed by atoms with van der Waals surface area (Å²) in [5.74, 6) is -0.182. The highest BCUT2D eigenvalue weighted by atomic mass is 35.5. The van der Waals surface area contributed by atoms with E-state index in [9.17, 15) is 15.0 Å². The minimum absolute atomic E-state index is 0.156. The van der Waals surface area contributed by atoms with E-state index < -0.39 is 12.2 Å². The van der Waals surface area contributed by atoms with Crippen LogP contribution in [0.2, 0.25) is 5.02 Å². The quantitative estimate of drug-likeness (QED) is 0.712. The predicted molar refractivity (Wildman–Crippen MR) is 107 cm³/mol. The van der Waals surface area contributed by atoms with Gasteiger partial charge < -0.3 is 15.1 Å². The molecule has 4 nitrogen and oxygen atoms in total. The maximum absolute atomic E-state index is 12.6. The van der Waals surface area contributed by atoms with Crippen molar-refractivity contribution < 1.29 is 15.0 Å². The first-order valence-electron chi connectivity index (χ1n) is 8.88. The molecular weight excluding hydrogens is 362 g/mol. The molecule has 0 spiro atoms. The molecule has 1 aliphatic heterocycles. The molecule has 4 rings (SSSR count). The van der Waals surface area contributed by atoms with Crippen molar-refractivity contribution in [3.05, 3.63) is 70.7 Å². The van der Waals surface area contributed by atoms with E-state index in [1.54, 1.807) is 6.07 Å². The molecule has 1 heterocycles. The SMILES string of the molecule is Cc1ccc(Cl)c(-c2ccc3cc(C(=O)N4C[C@@H](O)[C@H](O)C4)ccc3c2)c1. The fraction of sp³-hybridized carbons (Fsp3) is 0.227. The third-order valence-electron chi connectivity index (χ3n) is 5.07. The Morgan fingerprint density at radius 2 is 1.63 bits per heavy atom. The second-order valence-corrected chi connectivity index (χ2v) is 7.51. The highest BCUT2D eigenvalue weighted by molar-refractivity contribution is 6.33. The van der Waals surface area contributed by atoms with Gasteiger partial charge >= 0.3 is 0 Å². The van der Waals surface area contributed by atoms with Crippen molar-refractivity contribution in [2.75, 3.05) is 13.1 Å². The lowest BCUT2D eigenvalue weighted by Gasteiger charge is -2.16. The molecule has 0 aliphatic carbocycles. The number of fused-ring (bicyclic) bond motifs is 1. The Bertz CT molecular complexity index is 1020. The van der Waals surface area contributed by atoms with E-state index in [2.05, 4.69) is 12.1 Å². The van der Waals surface area contributed by atoms with Crippen LogP contribution >= 0.6 is 11.6 Å². The lowest BCUT2D eigenvalue weighted by Crippen LogP contribution is -2.29. The summed E-state index contributed by atoms with van der Waals surface area (Å²) < 4.78 is 0. The molecule has 5 heteroatoms. The summed E-state index contributed by atoms with van der Waals surface area (Å²) in [5, 5.41) is 22.0. The summed E-state index contributed by atoms with van der Waals surface area (Å²) in [6.45, 7) is 2.34. The van der Waals surface area contributed by atoms with Gasteiger partial charge in [-0.2, -0.15) is 0 Å². The largest absolute Gasteiger partial charge is 0.388 e. The van der Waals surface area contributed by atoms with Crippen molar-refractivity contribution in [3.63, 3.8) is 0 Å². The molecule has 3 aromatic carbocycles. The second-order valence-electron chi connectivity index (χ2n) is 7.10. The zero-order valence-corrected chi connectivity index (χ0v) is 15.6. The average molecular weight is 382 g/mol. The first kappa shape index (κ1) is 18.0. The molecule has 0 radical (unpaired) electrons. The van der Waals surface area contributed by atoms with Crippen LogP contribution in [0.3, 0.4) is 0 Å². The van der Waals surface area contributed by atoms with Gasteiger partial charge in [-0.15, -0.1) is 0 Å². The highest BCUT2D eigenvalue weighted by Crippen LogP contribution is 2.31. The molecule has 3 aromatic rings. The summed E-state index contributed by atoms with van der Waals surface area (Å²) in [5.41, 5.74) is 3.70. The second kappa shape index (κ2) is 6.97. The van der Waals surface area contributed by atoms with Gasteiger partial charge in [-0.25, -0.2) is 0 Å². The molecule has 27 heavy (non-hydrogen) atoms. The lowest BCUT2D eigenvalue weighted by molar-refractivity contribution is 0.0572. The molecule has 0 unspecified atom stereocenters. The van der Waals surface area contributed by atoms with Crippen LogP contribution in [-0.4, -0.2) is 46.3 Å². The number of carbonyl (C=O) groups excluding carboxylic acids is 1. The molecule has 2 N–H and O–H groups in total. The summed E-state index contributed by atoms with van der Waals surface area (Å²) in [6.07, 6.45) is -1.76. The van der Waals surface area contributed by atoms with E-state index in [1.807, 2.05) is 43.3 Å². The maximum Gasteiger partial charge on any atom is 0.254 e.